The van der Waals surface area contributed by atoms with Gasteiger partial charge in [0.2, 0.25) is 17.7 Å². The molecule has 0 saturated heterocycles. The molecule has 0 spiro atoms. The molecule has 4 aromatic rings. The van der Waals surface area contributed by atoms with Crippen molar-refractivity contribution < 1.29 is 31.8 Å². The van der Waals surface area contributed by atoms with Crippen LogP contribution in [0.3, 0.4) is 0 Å². The van der Waals surface area contributed by atoms with Crippen LogP contribution in [-0.2, 0) is 9.53 Å². The number of ether oxygens (including phenoxy) is 2. The average molecular weight is 598 g/mol. The number of nitrogens with zero attached hydrogens (tertiary/aromatic N) is 2. The summed E-state index contributed by atoms with van der Waals surface area (Å²) >= 11 is 0. The minimum atomic E-state index is -4.51. The van der Waals surface area contributed by atoms with Crippen LogP contribution in [0.5, 0.6) is 5.88 Å². The first-order valence-corrected chi connectivity index (χ1v) is 13.5. The van der Waals surface area contributed by atoms with E-state index in [1.165, 1.54) is 18.3 Å². The lowest BCUT2D eigenvalue weighted by molar-refractivity contribution is -0.123. The summed E-state index contributed by atoms with van der Waals surface area (Å²) in [4.78, 5) is 15.9. The van der Waals surface area contributed by atoms with E-state index < -0.39 is 18.5 Å². The quantitative estimate of drug-likeness (QED) is 0.0790. The highest BCUT2D eigenvalue weighted by molar-refractivity contribution is 6.00. The number of benzene rings is 2. The summed E-state index contributed by atoms with van der Waals surface area (Å²) in [6.07, 6.45) is -1.16. The fraction of sp³-hybridized carbons (Fsp3) is 0.258. The molecule has 0 fully saturated rings. The summed E-state index contributed by atoms with van der Waals surface area (Å²) in [5.41, 5.74) is 1.83. The fourth-order valence-electron chi connectivity index (χ4n) is 4.35. The molecule has 0 atom stereocenters. The van der Waals surface area contributed by atoms with E-state index >= 15 is 0 Å². The second-order valence-corrected chi connectivity index (χ2v) is 9.40. The van der Waals surface area contributed by atoms with E-state index in [-0.39, 0.29) is 34.9 Å². The highest BCUT2D eigenvalue weighted by Crippen LogP contribution is 2.40. The third-order valence-corrected chi connectivity index (χ3v) is 6.29. The number of hydrogen-bond donors (Lipinski definition) is 3. The highest BCUT2D eigenvalue weighted by atomic mass is 19.4. The third-order valence-electron chi connectivity index (χ3n) is 6.29. The molecule has 43 heavy (non-hydrogen) atoms. The Bertz CT molecular complexity index is 1550. The summed E-state index contributed by atoms with van der Waals surface area (Å²) in [5, 5.41) is 12.1. The smallest absolute Gasteiger partial charge is 0.393 e. The number of H-pyrrole nitrogens is 1. The standard InChI is InChI=1S/C31H31F4N5O3/c1-42-16-15-37-27(41)8-5-13-36-14-17-43-28-12-10-23(20-38-28)29(22-9-11-26-24(18-22)30(32)40-39-26)25(19-31(33,34)35)21-6-3-2-4-7-21/h2-12,18,20,36H,13-17,19H2,1H3,(H,37,41)(H,39,40)/b8-5+,29-25-. The van der Waals surface area contributed by atoms with Gasteiger partial charge in [0, 0.05) is 50.6 Å². The number of carbonyl (C=O) groups is 1. The van der Waals surface area contributed by atoms with E-state index in [1.807, 2.05) is 0 Å². The van der Waals surface area contributed by atoms with Crippen LogP contribution in [0.15, 0.2) is 79.0 Å². The van der Waals surface area contributed by atoms with Crippen molar-refractivity contribution in [2.75, 3.05) is 40.0 Å². The lowest BCUT2D eigenvalue weighted by atomic mass is 9.88. The maximum Gasteiger partial charge on any atom is 0.393 e. The molecule has 0 aliphatic heterocycles. The van der Waals surface area contributed by atoms with E-state index in [0.717, 1.165) is 0 Å². The number of aromatic amines is 1. The minimum Gasteiger partial charge on any atom is -0.476 e. The molecule has 226 valence electrons. The van der Waals surface area contributed by atoms with Gasteiger partial charge in [-0.15, -0.1) is 0 Å². The van der Waals surface area contributed by atoms with E-state index in [4.69, 9.17) is 9.47 Å². The molecule has 2 heterocycles. The Hall–Kier alpha value is -4.55. The lowest BCUT2D eigenvalue weighted by Gasteiger charge is -2.19. The van der Waals surface area contributed by atoms with Crippen molar-refractivity contribution in [3.05, 3.63) is 102 Å². The molecular formula is C31H31F4N5O3. The molecule has 2 aromatic heterocycles. The minimum absolute atomic E-state index is 0.0245. The van der Waals surface area contributed by atoms with Crippen molar-refractivity contribution in [2.24, 2.45) is 0 Å². The number of methoxy groups -OCH3 is 1. The van der Waals surface area contributed by atoms with Gasteiger partial charge in [-0.3, -0.25) is 9.89 Å². The summed E-state index contributed by atoms with van der Waals surface area (Å²) < 4.78 is 66.6. The predicted octanol–water partition coefficient (Wildman–Crippen LogP) is 5.30. The Balaban J connectivity index is 1.52. The zero-order valence-corrected chi connectivity index (χ0v) is 23.4. The Morgan fingerprint density at radius 3 is 2.51 bits per heavy atom. The largest absolute Gasteiger partial charge is 0.476 e. The van der Waals surface area contributed by atoms with Crippen LogP contribution in [0.1, 0.15) is 23.1 Å². The van der Waals surface area contributed by atoms with Gasteiger partial charge >= 0.3 is 6.18 Å². The Morgan fingerprint density at radius 2 is 1.79 bits per heavy atom. The second-order valence-electron chi connectivity index (χ2n) is 9.40. The number of amides is 1. The van der Waals surface area contributed by atoms with Gasteiger partial charge < -0.3 is 20.1 Å². The van der Waals surface area contributed by atoms with E-state index in [9.17, 15) is 22.4 Å². The van der Waals surface area contributed by atoms with Crippen molar-refractivity contribution in [3.8, 4) is 5.88 Å². The van der Waals surface area contributed by atoms with Gasteiger partial charge in [0.05, 0.1) is 23.9 Å². The first kappa shape index (κ1) is 31.4. The molecular weight excluding hydrogens is 566 g/mol. The maximum absolute atomic E-state index is 14.4. The second kappa shape index (κ2) is 15.1. The zero-order valence-electron chi connectivity index (χ0n) is 23.4. The summed E-state index contributed by atoms with van der Waals surface area (Å²) in [6, 6.07) is 16.1. The summed E-state index contributed by atoms with van der Waals surface area (Å²) in [5.74, 6) is -0.607. The molecule has 3 N–H and O–H groups in total. The molecule has 0 radical (unpaired) electrons. The van der Waals surface area contributed by atoms with E-state index in [0.29, 0.717) is 48.4 Å². The molecule has 1 amide bonds. The number of nitrogens with one attached hydrogen (secondary N) is 3. The summed E-state index contributed by atoms with van der Waals surface area (Å²) in [6.45, 7) is 2.04. The average Bonchev–Trinajstić information content (AvgIpc) is 3.37. The van der Waals surface area contributed by atoms with Crippen LogP contribution < -0.4 is 15.4 Å². The van der Waals surface area contributed by atoms with Crippen molar-refractivity contribution in [2.45, 2.75) is 12.6 Å². The van der Waals surface area contributed by atoms with Crippen molar-refractivity contribution in [1.29, 1.82) is 0 Å². The summed E-state index contributed by atoms with van der Waals surface area (Å²) in [7, 11) is 1.55. The number of alkyl halides is 3. The van der Waals surface area contributed by atoms with E-state index in [1.54, 1.807) is 67.8 Å². The van der Waals surface area contributed by atoms with Crippen LogP contribution >= 0.6 is 0 Å². The van der Waals surface area contributed by atoms with Gasteiger partial charge in [0.25, 0.3) is 0 Å². The van der Waals surface area contributed by atoms with Gasteiger partial charge in [0.15, 0.2) is 0 Å². The zero-order chi connectivity index (χ0) is 30.7. The van der Waals surface area contributed by atoms with Crippen LogP contribution in [0.4, 0.5) is 17.6 Å². The van der Waals surface area contributed by atoms with Crippen molar-refractivity contribution in [3.63, 3.8) is 0 Å². The van der Waals surface area contributed by atoms with Gasteiger partial charge in [-0.25, -0.2) is 4.98 Å². The lowest BCUT2D eigenvalue weighted by Crippen LogP contribution is -2.25. The number of fused-ring (bicyclic) bond motifs is 1. The monoisotopic (exact) mass is 597 g/mol. The first-order chi connectivity index (χ1) is 20.7. The van der Waals surface area contributed by atoms with Crippen LogP contribution in [0, 0.1) is 5.95 Å². The molecule has 2 aromatic carbocycles. The fourth-order valence-corrected chi connectivity index (χ4v) is 4.35. The number of carbonyl (C=O) groups excluding carboxylic acids is 1. The number of allylic oxidation sites excluding steroid dienone is 1. The Morgan fingerprint density at radius 1 is 1.00 bits per heavy atom. The van der Waals surface area contributed by atoms with Gasteiger partial charge in [0.1, 0.15) is 6.61 Å². The number of pyridine rings is 1. The first-order valence-electron chi connectivity index (χ1n) is 13.5. The third kappa shape index (κ3) is 9.22. The normalized spacial score (nSPS) is 12.5. The van der Waals surface area contributed by atoms with Gasteiger partial charge in [-0.05, 0) is 40.5 Å². The van der Waals surface area contributed by atoms with Crippen LogP contribution in [0.2, 0.25) is 0 Å². The molecule has 8 nitrogen and oxygen atoms in total. The Kier molecular flexibility index (Phi) is 11.0. The Labute approximate surface area is 245 Å². The number of aromatic nitrogens is 3. The molecule has 0 unspecified atom stereocenters. The van der Waals surface area contributed by atoms with Crippen molar-refractivity contribution >= 4 is 28.0 Å². The molecule has 0 aliphatic carbocycles. The topological polar surface area (TPSA) is 101 Å². The maximum atomic E-state index is 14.4. The number of rotatable bonds is 14. The van der Waals surface area contributed by atoms with Crippen LogP contribution in [0.25, 0.3) is 22.0 Å². The molecule has 0 bridgehead atoms. The molecule has 4 rings (SSSR count). The highest BCUT2D eigenvalue weighted by Gasteiger charge is 2.31. The van der Waals surface area contributed by atoms with Gasteiger partial charge in [-0.2, -0.15) is 22.7 Å². The molecule has 0 aliphatic rings. The number of halogens is 4. The van der Waals surface area contributed by atoms with Gasteiger partial charge in [-0.1, -0.05) is 42.5 Å². The molecule has 0 saturated carbocycles. The predicted molar refractivity (Wildman–Crippen MR) is 156 cm³/mol. The number of hydrogen-bond acceptors (Lipinski definition) is 6. The SMILES string of the molecule is COCCNC(=O)/C=C/CNCCOc1ccc(/C(=C(/CC(F)(F)F)c2ccccc2)c2ccc3n[nH]c(F)c3c2)cn1. The molecule has 12 heteroatoms. The van der Waals surface area contributed by atoms with E-state index in [2.05, 4.69) is 25.8 Å². The van der Waals surface area contributed by atoms with Crippen LogP contribution in [-0.4, -0.2) is 67.2 Å². The van der Waals surface area contributed by atoms with Crippen molar-refractivity contribution in [1.82, 2.24) is 25.8 Å².